The summed E-state index contributed by atoms with van der Waals surface area (Å²) in [5.74, 6) is -1.03. The van der Waals surface area contributed by atoms with Crippen LogP contribution in [0.15, 0.2) is 40.9 Å². The summed E-state index contributed by atoms with van der Waals surface area (Å²) in [5.41, 5.74) is 0.961. The summed E-state index contributed by atoms with van der Waals surface area (Å²) in [6.45, 7) is 0.560. The second kappa shape index (κ2) is 14.4. The molecule has 0 saturated heterocycles. The van der Waals surface area contributed by atoms with Crippen molar-refractivity contribution < 1.29 is 42.2 Å². The predicted molar refractivity (Wildman–Crippen MR) is 114 cm³/mol. The van der Waals surface area contributed by atoms with Gasteiger partial charge < -0.3 is 19.9 Å². The molecule has 1 aromatic heterocycles. The van der Waals surface area contributed by atoms with Gasteiger partial charge in [0.25, 0.3) is 0 Å². The molecular weight excluding hydrogens is 473 g/mol. The van der Waals surface area contributed by atoms with E-state index in [1.807, 2.05) is 30.3 Å². The third-order valence-electron chi connectivity index (χ3n) is 3.41. The van der Waals surface area contributed by atoms with Gasteiger partial charge in [0.2, 0.25) is 5.91 Å². The molecule has 1 heterocycles. The topological polar surface area (TPSA) is 130 Å². The predicted octanol–water partition coefficient (Wildman–Crippen LogP) is 3.88. The lowest BCUT2D eigenvalue weighted by Gasteiger charge is -2.03. The third kappa shape index (κ3) is 12.2. The molecule has 0 fully saturated rings. The van der Waals surface area contributed by atoms with Gasteiger partial charge in [0.1, 0.15) is 0 Å². The maximum Gasteiger partial charge on any atom is 0.490 e. The Kier molecular flexibility index (Phi) is 12.3. The Bertz CT molecular complexity index is 862. The molecule has 32 heavy (non-hydrogen) atoms. The summed E-state index contributed by atoms with van der Waals surface area (Å²) in [6.07, 6.45) is -2.47. The standard InChI is InChI=1S/C17H20N2O4S2.C2HF3O2/c20-15(18-9-11-25-24-10-8-17(21)22)6-7-16-19-12-14(23-16)13-4-2-1-3-5-13;3-2(4,5)1(6)7/h1-5,12H,6-11H2,(H,18,20)(H,21,22);(H,6,7). The largest absolute Gasteiger partial charge is 0.490 e. The Morgan fingerprint density at radius 3 is 2.25 bits per heavy atom. The lowest BCUT2D eigenvalue weighted by Crippen LogP contribution is -2.25. The monoisotopic (exact) mass is 494 g/mol. The molecule has 0 aliphatic carbocycles. The number of halogens is 3. The van der Waals surface area contributed by atoms with E-state index in [2.05, 4.69) is 10.3 Å². The highest BCUT2D eigenvalue weighted by atomic mass is 33.1. The Balaban J connectivity index is 0.000000633. The van der Waals surface area contributed by atoms with E-state index in [0.29, 0.717) is 36.8 Å². The number of aromatic nitrogens is 1. The van der Waals surface area contributed by atoms with Gasteiger partial charge in [-0.25, -0.2) is 9.78 Å². The molecule has 0 radical (unpaired) electrons. The van der Waals surface area contributed by atoms with Crippen LogP contribution in [0.1, 0.15) is 18.7 Å². The van der Waals surface area contributed by atoms with Crippen molar-refractivity contribution >= 4 is 39.4 Å². The van der Waals surface area contributed by atoms with Crippen LogP contribution in [0, 0.1) is 0 Å². The SMILES string of the molecule is O=C(O)C(F)(F)F.O=C(O)CCSSCCNC(=O)CCc1ncc(-c2ccccc2)o1. The van der Waals surface area contributed by atoms with Crippen molar-refractivity contribution in [1.82, 2.24) is 10.3 Å². The number of benzene rings is 1. The number of nitrogens with one attached hydrogen (secondary N) is 1. The molecule has 0 aliphatic heterocycles. The van der Waals surface area contributed by atoms with E-state index >= 15 is 0 Å². The average Bonchev–Trinajstić information content (AvgIpc) is 3.21. The minimum absolute atomic E-state index is 0.0457. The van der Waals surface area contributed by atoms with Crippen LogP contribution in [0.2, 0.25) is 0 Å². The van der Waals surface area contributed by atoms with Gasteiger partial charge in [-0.15, -0.1) is 0 Å². The van der Waals surface area contributed by atoms with Crippen LogP contribution < -0.4 is 5.32 Å². The summed E-state index contributed by atoms with van der Waals surface area (Å²) in [4.78, 5) is 35.3. The summed E-state index contributed by atoms with van der Waals surface area (Å²) in [7, 11) is 3.06. The van der Waals surface area contributed by atoms with E-state index in [4.69, 9.17) is 19.4 Å². The molecule has 0 aliphatic rings. The van der Waals surface area contributed by atoms with Crippen LogP contribution in [0.4, 0.5) is 13.2 Å². The van der Waals surface area contributed by atoms with Crippen molar-refractivity contribution in [3.8, 4) is 11.3 Å². The number of hydrogen-bond donors (Lipinski definition) is 3. The molecule has 0 saturated carbocycles. The molecule has 176 valence electrons. The molecule has 8 nitrogen and oxygen atoms in total. The zero-order chi connectivity index (χ0) is 24.0. The fourth-order valence-corrected chi connectivity index (χ4v) is 3.84. The molecule has 1 aromatic carbocycles. The Morgan fingerprint density at radius 1 is 1.03 bits per heavy atom. The zero-order valence-corrected chi connectivity index (χ0v) is 18.3. The number of oxazole rings is 1. The number of carboxylic acids is 2. The second-order valence-corrected chi connectivity index (χ2v) is 8.63. The van der Waals surface area contributed by atoms with E-state index < -0.39 is 18.1 Å². The number of nitrogens with zero attached hydrogens (tertiary/aromatic N) is 1. The molecular formula is C19H21F3N2O6S2. The van der Waals surface area contributed by atoms with Crippen LogP contribution >= 0.6 is 21.6 Å². The number of amides is 1. The van der Waals surface area contributed by atoms with Gasteiger partial charge in [0, 0.05) is 36.5 Å². The molecule has 2 rings (SSSR count). The highest BCUT2D eigenvalue weighted by molar-refractivity contribution is 8.76. The van der Waals surface area contributed by atoms with Gasteiger partial charge in [-0.3, -0.25) is 9.59 Å². The molecule has 1 amide bonds. The smallest absolute Gasteiger partial charge is 0.481 e. The number of hydrogen-bond acceptors (Lipinski definition) is 7. The van der Waals surface area contributed by atoms with Crippen LogP contribution in [0.3, 0.4) is 0 Å². The number of alkyl halides is 3. The molecule has 0 atom stereocenters. The van der Waals surface area contributed by atoms with Crippen LogP contribution in [-0.2, 0) is 20.8 Å². The molecule has 13 heteroatoms. The molecule has 3 N–H and O–H groups in total. The first-order chi connectivity index (χ1) is 15.1. The number of carbonyl (C=O) groups is 3. The van der Waals surface area contributed by atoms with Crippen LogP contribution in [-0.4, -0.2) is 57.3 Å². The fourth-order valence-electron chi connectivity index (χ4n) is 1.95. The quantitative estimate of drug-likeness (QED) is 0.315. The summed E-state index contributed by atoms with van der Waals surface area (Å²) in [6, 6.07) is 9.70. The molecule has 2 aromatic rings. The van der Waals surface area contributed by atoms with Crippen LogP contribution in [0.25, 0.3) is 11.3 Å². The minimum atomic E-state index is -5.08. The van der Waals surface area contributed by atoms with Crippen LogP contribution in [0.5, 0.6) is 0 Å². The van der Waals surface area contributed by atoms with Gasteiger partial charge in [0.15, 0.2) is 11.7 Å². The second-order valence-electron chi connectivity index (χ2n) is 5.92. The maximum absolute atomic E-state index is 11.8. The number of carboxylic acid groups (broad SMARTS) is 2. The van der Waals surface area contributed by atoms with Crippen molar-refractivity contribution in [2.45, 2.75) is 25.4 Å². The number of aryl methyl sites for hydroxylation is 1. The summed E-state index contributed by atoms with van der Waals surface area (Å²) >= 11 is 0. The van der Waals surface area contributed by atoms with Crippen molar-refractivity contribution in [3.63, 3.8) is 0 Å². The fraction of sp³-hybridized carbons (Fsp3) is 0.368. The van der Waals surface area contributed by atoms with E-state index in [-0.39, 0.29) is 12.3 Å². The van der Waals surface area contributed by atoms with Crippen molar-refractivity contribution in [1.29, 1.82) is 0 Å². The van der Waals surface area contributed by atoms with Crippen molar-refractivity contribution in [3.05, 3.63) is 42.4 Å². The molecule has 0 bridgehead atoms. The number of aliphatic carboxylic acids is 2. The third-order valence-corrected chi connectivity index (χ3v) is 5.82. The Hall–Kier alpha value is -2.67. The highest BCUT2D eigenvalue weighted by Crippen LogP contribution is 2.21. The highest BCUT2D eigenvalue weighted by Gasteiger charge is 2.38. The Labute approximate surface area is 189 Å². The first kappa shape index (κ1) is 27.4. The maximum atomic E-state index is 11.8. The number of carbonyl (C=O) groups excluding carboxylic acids is 1. The molecule has 0 unspecified atom stereocenters. The van der Waals surface area contributed by atoms with Gasteiger partial charge in [-0.1, -0.05) is 51.9 Å². The summed E-state index contributed by atoms with van der Waals surface area (Å²) in [5, 5.41) is 18.5. The van der Waals surface area contributed by atoms with E-state index in [1.165, 1.54) is 10.8 Å². The normalized spacial score (nSPS) is 10.7. The van der Waals surface area contributed by atoms with E-state index in [9.17, 15) is 22.8 Å². The first-order valence-corrected chi connectivity index (χ1v) is 11.6. The average molecular weight is 495 g/mol. The van der Waals surface area contributed by atoms with E-state index in [1.54, 1.807) is 17.0 Å². The van der Waals surface area contributed by atoms with Gasteiger partial charge in [-0.05, 0) is 0 Å². The van der Waals surface area contributed by atoms with Crippen molar-refractivity contribution in [2.24, 2.45) is 0 Å². The lowest BCUT2D eigenvalue weighted by molar-refractivity contribution is -0.192. The minimum Gasteiger partial charge on any atom is -0.481 e. The van der Waals surface area contributed by atoms with E-state index in [0.717, 1.165) is 11.3 Å². The number of rotatable bonds is 11. The lowest BCUT2D eigenvalue weighted by atomic mass is 10.2. The molecule has 0 spiro atoms. The first-order valence-electron chi connectivity index (χ1n) is 9.12. The van der Waals surface area contributed by atoms with Gasteiger partial charge in [-0.2, -0.15) is 13.2 Å². The van der Waals surface area contributed by atoms with Gasteiger partial charge >= 0.3 is 18.1 Å². The van der Waals surface area contributed by atoms with Crippen molar-refractivity contribution in [2.75, 3.05) is 18.1 Å². The Morgan fingerprint density at radius 2 is 1.66 bits per heavy atom. The zero-order valence-electron chi connectivity index (χ0n) is 16.6. The summed E-state index contributed by atoms with van der Waals surface area (Å²) < 4.78 is 37.4. The van der Waals surface area contributed by atoms with Gasteiger partial charge in [0.05, 0.1) is 12.6 Å².